The fraction of sp³-hybridized carbons (Fsp3) is 0.647. The van der Waals surface area contributed by atoms with Crippen LogP contribution in [0.5, 0.6) is 0 Å². The third-order valence-corrected chi connectivity index (χ3v) is 6.47. The van der Waals surface area contributed by atoms with Gasteiger partial charge in [0.15, 0.2) is 5.78 Å². The molecule has 4 aliphatic carbocycles. The van der Waals surface area contributed by atoms with E-state index < -0.39 is 5.60 Å². The molecule has 5 rings (SSSR count). The Morgan fingerprint density at radius 2 is 1.91 bits per heavy atom. The molecule has 22 heavy (non-hydrogen) atoms. The van der Waals surface area contributed by atoms with E-state index >= 15 is 0 Å². The number of ketones is 1. The average molecular weight is 340 g/mol. The standard InChI is InChI=1S/C17H19Cl2NO2/c18-15-2-1-12(16(19)20-15)14(21)5-13-10-3-9-4-11(13)8-17(22,6-9)7-10/h1-2,9-11,13,22H,3-8H2. The van der Waals surface area contributed by atoms with Crippen molar-refractivity contribution in [3.8, 4) is 0 Å². The van der Waals surface area contributed by atoms with Gasteiger partial charge < -0.3 is 5.11 Å². The van der Waals surface area contributed by atoms with Crippen molar-refractivity contribution in [2.45, 2.75) is 44.1 Å². The van der Waals surface area contributed by atoms with Crippen LogP contribution in [0, 0.1) is 23.7 Å². The molecule has 0 radical (unpaired) electrons. The van der Waals surface area contributed by atoms with Crippen molar-refractivity contribution in [3.05, 3.63) is 28.0 Å². The van der Waals surface area contributed by atoms with E-state index in [2.05, 4.69) is 4.98 Å². The van der Waals surface area contributed by atoms with E-state index in [0.29, 0.717) is 40.8 Å². The number of carbonyl (C=O) groups excluding carboxylic acids is 1. The zero-order valence-corrected chi connectivity index (χ0v) is 13.8. The maximum absolute atomic E-state index is 12.6. The predicted molar refractivity (Wildman–Crippen MR) is 85.2 cm³/mol. The highest BCUT2D eigenvalue weighted by atomic mass is 35.5. The summed E-state index contributed by atoms with van der Waals surface area (Å²) in [6.45, 7) is 0. The lowest BCUT2D eigenvalue weighted by atomic mass is 9.49. The molecule has 5 heteroatoms. The number of Topliss-reactive ketones (excluding diaryl/α,β-unsaturated/α-hetero) is 1. The summed E-state index contributed by atoms with van der Waals surface area (Å²) >= 11 is 11.9. The number of aromatic nitrogens is 1. The molecule has 2 unspecified atom stereocenters. The molecule has 4 fully saturated rings. The first-order chi connectivity index (χ1) is 10.4. The lowest BCUT2D eigenvalue weighted by Crippen LogP contribution is -2.54. The van der Waals surface area contributed by atoms with Crippen LogP contribution in [0.15, 0.2) is 12.1 Å². The SMILES string of the molecule is O=C(CC1C2CC3CC1CC(O)(C3)C2)c1ccc(Cl)nc1Cl. The molecule has 3 nitrogen and oxygen atoms in total. The van der Waals surface area contributed by atoms with Gasteiger partial charge in [0.1, 0.15) is 10.3 Å². The van der Waals surface area contributed by atoms with Crippen LogP contribution in [-0.2, 0) is 0 Å². The highest BCUT2D eigenvalue weighted by molar-refractivity contribution is 6.34. The summed E-state index contributed by atoms with van der Waals surface area (Å²) in [4.78, 5) is 16.6. The Bertz CT molecular complexity index is 617. The van der Waals surface area contributed by atoms with Gasteiger partial charge in [0.2, 0.25) is 0 Å². The van der Waals surface area contributed by atoms with Gasteiger partial charge in [-0.05, 0) is 67.9 Å². The molecule has 1 N–H and O–H groups in total. The molecule has 118 valence electrons. The largest absolute Gasteiger partial charge is 0.390 e. The van der Waals surface area contributed by atoms with E-state index in [4.69, 9.17) is 23.2 Å². The molecular weight excluding hydrogens is 321 g/mol. The summed E-state index contributed by atoms with van der Waals surface area (Å²) in [7, 11) is 0. The Balaban J connectivity index is 1.53. The number of aliphatic hydroxyl groups is 1. The summed E-state index contributed by atoms with van der Waals surface area (Å²) in [5.74, 6) is 2.07. The summed E-state index contributed by atoms with van der Waals surface area (Å²) in [6.07, 6.45) is 5.55. The summed E-state index contributed by atoms with van der Waals surface area (Å²) < 4.78 is 0. The van der Waals surface area contributed by atoms with Gasteiger partial charge in [0.25, 0.3) is 0 Å². The summed E-state index contributed by atoms with van der Waals surface area (Å²) in [5.41, 5.74) is 0.0220. The fourth-order valence-electron chi connectivity index (χ4n) is 5.36. The third-order valence-electron chi connectivity index (χ3n) is 5.97. The average Bonchev–Trinajstić information content (AvgIpc) is 2.40. The molecule has 0 spiro atoms. The van der Waals surface area contributed by atoms with Crippen molar-refractivity contribution >= 4 is 29.0 Å². The Morgan fingerprint density at radius 1 is 1.23 bits per heavy atom. The van der Waals surface area contributed by atoms with Crippen LogP contribution in [0.25, 0.3) is 0 Å². The zero-order chi connectivity index (χ0) is 15.5. The van der Waals surface area contributed by atoms with Gasteiger partial charge in [0.05, 0.1) is 11.2 Å². The van der Waals surface area contributed by atoms with E-state index in [-0.39, 0.29) is 10.9 Å². The van der Waals surface area contributed by atoms with Crippen LogP contribution in [0.1, 0.15) is 48.9 Å². The minimum absolute atomic E-state index is 0.0543. The Kier molecular flexibility index (Phi) is 3.52. The van der Waals surface area contributed by atoms with E-state index in [1.165, 1.54) is 12.8 Å². The fourth-order valence-corrected chi connectivity index (χ4v) is 5.81. The van der Waals surface area contributed by atoms with E-state index in [1.54, 1.807) is 12.1 Å². The number of halogens is 2. The molecule has 0 saturated heterocycles. The highest BCUT2D eigenvalue weighted by Gasteiger charge is 2.54. The quantitative estimate of drug-likeness (QED) is 0.664. The number of pyridine rings is 1. The number of hydrogen-bond acceptors (Lipinski definition) is 3. The Labute approximate surface area is 140 Å². The second kappa shape index (κ2) is 5.19. The number of rotatable bonds is 3. The van der Waals surface area contributed by atoms with Crippen molar-refractivity contribution < 1.29 is 9.90 Å². The van der Waals surface area contributed by atoms with Crippen LogP contribution in [0.2, 0.25) is 10.3 Å². The first-order valence-corrected chi connectivity index (χ1v) is 8.77. The Hall–Kier alpha value is -0.640. The molecule has 4 aliphatic rings. The highest BCUT2D eigenvalue weighted by Crippen LogP contribution is 2.59. The van der Waals surface area contributed by atoms with Gasteiger partial charge in [-0.1, -0.05) is 23.2 Å². The number of carbonyl (C=O) groups is 1. The van der Waals surface area contributed by atoms with Crippen LogP contribution in [-0.4, -0.2) is 21.5 Å². The summed E-state index contributed by atoms with van der Waals surface area (Å²) in [5, 5.41) is 11.1. The van der Waals surface area contributed by atoms with Crippen molar-refractivity contribution in [1.29, 1.82) is 0 Å². The first kappa shape index (κ1) is 14.9. The number of hydrogen-bond donors (Lipinski definition) is 1. The summed E-state index contributed by atoms with van der Waals surface area (Å²) in [6, 6.07) is 3.28. The van der Waals surface area contributed by atoms with Crippen molar-refractivity contribution in [2.75, 3.05) is 0 Å². The Morgan fingerprint density at radius 3 is 2.50 bits per heavy atom. The molecule has 1 heterocycles. The van der Waals surface area contributed by atoms with Crippen LogP contribution in [0.3, 0.4) is 0 Å². The van der Waals surface area contributed by atoms with Crippen molar-refractivity contribution in [3.63, 3.8) is 0 Å². The minimum Gasteiger partial charge on any atom is -0.390 e. The maximum Gasteiger partial charge on any atom is 0.166 e. The van der Waals surface area contributed by atoms with Gasteiger partial charge >= 0.3 is 0 Å². The number of nitrogens with zero attached hydrogens (tertiary/aromatic N) is 1. The normalized spacial score (nSPS) is 39.2. The molecule has 2 atom stereocenters. The monoisotopic (exact) mass is 339 g/mol. The molecular formula is C17H19Cl2NO2. The zero-order valence-electron chi connectivity index (χ0n) is 12.3. The van der Waals surface area contributed by atoms with Gasteiger partial charge in [-0.25, -0.2) is 4.98 Å². The van der Waals surface area contributed by atoms with Crippen LogP contribution < -0.4 is 0 Å². The lowest BCUT2D eigenvalue weighted by Gasteiger charge is -2.58. The molecule has 0 aromatic carbocycles. The smallest absolute Gasteiger partial charge is 0.166 e. The molecule has 0 aliphatic heterocycles. The third kappa shape index (κ3) is 2.47. The predicted octanol–water partition coefficient (Wildman–Crippen LogP) is 4.15. The van der Waals surface area contributed by atoms with Gasteiger partial charge in [0, 0.05) is 6.42 Å². The van der Waals surface area contributed by atoms with E-state index in [9.17, 15) is 9.90 Å². The van der Waals surface area contributed by atoms with Gasteiger partial charge in [-0.3, -0.25) is 4.79 Å². The second-order valence-corrected chi connectivity index (χ2v) is 8.20. The molecule has 1 aromatic heterocycles. The van der Waals surface area contributed by atoms with Crippen LogP contribution >= 0.6 is 23.2 Å². The minimum atomic E-state index is -0.449. The van der Waals surface area contributed by atoms with Crippen LogP contribution in [0.4, 0.5) is 0 Å². The van der Waals surface area contributed by atoms with E-state index in [1.807, 2.05) is 0 Å². The van der Waals surface area contributed by atoms with Crippen molar-refractivity contribution in [2.24, 2.45) is 23.7 Å². The second-order valence-electron chi connectivity index (χ2n) is 7.46. The molecule has 4 bridgehead atoms. The van der Waals surface area contributed by atoms with E-state index in [0.717, 1.165) is 19.3 Å². The first-order valence-electron chi connectivity index (χ1n) is 8.01. The molecule has 1 aromatic rings. The van der Waals surface area contributed by atoms with Gasteiger partial charge in [-0.15, -0.1) is 0 Å². The lowest BCUT2D eigenvalue weighted by molar-refractivity contribution is -0.151. The maximum atomic E-state index is 12.6. The molecule has 4 saturated carbocycles. The molecule has 0 amide bonds. The van der Waals surface area contributed by atoms with Crippen molar-refractivity contribution in [1.82, 2.24) is 4.98 Å². The van der Waals surface area contributed by atoms with Gasteiger partial charge in [-0.2, -0.15) is 0 Å². The topological polar surface area (TPSA) is 50.2 Å².